The van der Waals surface area contributed by atoms with E-state index in [9.17, 15) is 4.79 Å². The Labute approximate surface area is 149 Å². The number of carbonyl (C=O) groups excluding carboxylic acids is 1. The molecule has 1 atom stereocenters. The quantitative estimate of drug-likeness (QED) is 0.655. The van der Waals surface area contributed by atoms with Crippen LogP contribution in [0.3, 0.4) is 0 Å². The third-order valence-corrected chi connectivity index (χ3v) is 4.57. The minimum absolute atomic E-state index is 0.368. The SMILES string of the molecule is COC1(c2cncc(-c3c[nH]c4cnc(NC(N)=O)cc34)n2)CCOC1. The summed E-state index contributed by atoms with van der Waals surface area (Å²) in [5.74, 6) is 0.368. The molecule has 0 aromatic carbocycles. The van der Waals surface area contributed by atoms with E-state index in [2.05, 4.69) is 20.3 Å². The average Bonchev–Trinajstić information content (AvgIpc) is 3.29. The molecule has 0 saturated carbocycles. The van der Waals surface area contributed by atoms with Crippen molar-refractivity contribution >= 4 is 22.8 Å². The van der Waals surface area contributed by atoms with E-state index in [1.165, 1.54) is 0 Å². The molecule has 0 bridgehead atoms. The zero-order valence-electron chi connectivity index (χ0n) is 14.2. The van der Waals surface area contributed by atoms with Crippen molar-refractivity contribution in [1.29, 1.82) is 0 Å². The van der Waals surface area contributed by atoms with Crippen LogP contribution in [0.15, 0.2) is 30.9 Å². The molecule has 0 spiro atoms. The fraction of sp³-hybridized carbons (Fsp3) is 0.294. The number of aromatic nitrogens is 4. The van der Waals surface area contributed by atoms with Gasteiger partial charge in [0, 0.05) is 37.3 Å². The zero-order chi connectivity index (χ0) is 18.1. The van der Waals surface area contributed by atoms with Gasteiger partial charge in [0.1, 0.15) is 11.4 Å². The number of H-pyrrole nitrogens is 1. The van der Waals surface area contributed by atoms with E-state index < -0.39 is 11.6 Å². The number of pyridine rings is 1. The number of nitrogens with one attached hydrogen (secondary N) is 2. The number of aromatic amines is 1. The van der Waals surface area contributed by atoms with Crippen molar-refractivity contribution in [3.63, 3.8) is 0 Å². The van der Waals surface area contributed by atoms with Crippen molar-refractivity contribution in [3.05, 3.63) is 36.5 Å². The third-order valence-electron chi connectivity index (χ3n) is 4.57. The predicted molar refractivity (Wildman–Crippen MR) is 94.4 cm³/mol. The van der Waals surface area contributed by atoms with Gasteiger partial charge in [-0.05, 0) is 6.07 Å². The summed E-state index contributed by atoms with van der Waals surface area (Å²) in [5, 5.41) is 3.33. The highest BCUT2D eigenvalue weighted by Gasteiger charge is 2.38. The number of rotatable bonds is 4. The standard InChI is InChI=1S/C17H18N6O3/c1-25-17(2-3-26-9-17)14-8-19-6-13(22-14)11-5-20-12-7-21-15(4-10(11)12)23-16(18)24/h4-8,20H,2-3,9H2,1H3,(H3,18,21,23,24). The van der Waals surface area contributed by atoms with Crippen molar-refractivity contribution in [2.75, 3.05) is 25.6 Å². The fourth-order valence-electron chi connectivity index (χ4n) is 3.16. The first-order valence-electron chi connectivity index (χ1n) is 8.11. The lowest BCUT2D eigenvalue weighted by molar-refractivity contribution is -0.0248. The second kappa shape index (κ2) is 6.36. The molecule has 9 heteroatoms. The molecule has 4 N–H and O–H groups in total. The number of carbonyl (C=O) groups is 1. The number of hydrogen-bond acceptors (Lipinski definition) is 6. The molecule has 0 radical (unpaired) electrons. The Morgan fingerprint density at radius 3 is 3.04 bits per heavy atom. The monoisotopic (exact) mass is 354 g/mol. The minimum atomic E-state index is -0.668. The molecular weight excluding hydrogens is 336 g/mol. The van der Waals surface area contributed by atoms with Gasteiger partial charge in [-0.3, -0.25) is 10.3 Å². The van der Waals surface area contributed by atoms with Crippen LogP contribution < -0.4 is 11.1 Å². The van der Waals surface area contributed by atoms with Crippen LogP contribution in [0.25, 0.3) is 22.2 Å². The Hall–Kier alpha value is -3.04. The van der Waals surface area contributed by atoms with E-state index in [-0.39, 0.29) is 0 Å². The highest BCUT2D eigenvalue weighted by molar-refractivity contribution is 5.97. The normalized spacial score (nSPS) is 19.7. The van der Waals surface area contributed by atoms with E-state index >= 15 is 0 Å². The van der Waals surface area contributed by atoms with E-state index in [4.69, 9.17) is 20.2 Å². The number of fused-ring (bicyclic) bond motifs is 1. The number of nitrogens with zero attached hydrogens (tertiary/aromatic N) is 3. The van der Waals surface area contributed by atoms with Crippen LogP contribution in [0, 0.1) is 0 Å². The second-order valence-corrected chi connectivity index (χ2v) is 6.10. The molecule has 1 aliphatic rings. The van der Waals surface area contributed by atoms with E-state index in [0.29, 0.717) is 24.7 Å². The number of amides is 2. The number of anilines is 1. The van der Waals surface area contributed by atoms with Crippen LogP contribution in [0.2, 0.25) is 0 Å². The molecule has 2 amide bonds. The minimum Gasteiger partial charge on any atom is -0.378 e. The highest BCUT2D eigenvalue weighted by atomic mass is 16.5. The molecule has 0 aliphatic carbocycles. The van der Waals surface area contributed by atoms with Crippen molar-refractivity contribution in [2.45, 2.75) is 12.0 Å². The Kier molecular flexibility index (Phi) is 4.02. The second-order valence-electron chi connectivity index (χ2n) is 6.10. The number of methoxy groups -OCH3 is 1. The molecule has 1 unspecified atom stereocenters. The average molecular weight is 354 g/mol. The molecule has 3 aromatic rings. The summed E-state index contributed by atoms with van der Waals surface area (Å²) in [6, 6.07) is 1.07. The van der Waals surface area contributed by atoms with Gasteiger partial charge in [-0.1, -0.05) is 0 Å². The van der Waals surface area contributed by atoms with E-state index in [0.717, 1.165) is 28.6 Å². The largest absolute Gasteiger partial charge is 0.378 e. The molecule has 9 nitrogen and oxygen atoms in total. The fourth-order valence-corrected chi connectivity index (χ4v) is 3.16. The smallest absolute Gasteiger partial charge is 0.317 e. The first kappa shape index (κ1) is 16.4. The molecule has 3 aromatic heterocycles. The molecule has 4 heterocycles. The molecule has 26 heavy (non-hydrogen) atoms. The van der Waals surface area contributed by atoms with Crippen molar-refractivity contribution < 1.29 is 14.3 Å². The maximum absolute atomic E-state index is 11.1. The molecule has 134 valence electrons. The van der Waals surface area contributed by atoms with Crippen LogP contribution in [0.4, 0.5) is 10.6 Å². The van der Waals surface area contributed by atoms with Crippen molar-refractivity contribution in [2.24, 2.45) is 5.73 Å². The van der Waals surface area contributed by atoms with Crippen LogP contribution in [0.5, 0.6) is 0 Å². The lowest BCUT2D eigenvalue weighted by Gasteiger charge is -2.24. The molecule has 4 rings (SSSR count). The van der Waals surface area contributed by atoms with Gasteiger partial charge in [0.15, 0.2) is 0 Å². The summed E-state index contributed by atoms with van der Waals surface area (Å²) in [6.45, 7) is 1.08. The Bertz CT molecular complexity index is 964. The Balaban J connectivity index is 1.78. The molecule has 1 aliphatic heterocycles. The Morgan fingerprint density at radius 1 is 1.42 bits per heavy atom. The number of ether oxygens (including phenoxy) is 2. The highest BCUT2D eigenvalue weighted by Crippen LogP contribution is 2.34. The van der Waals surface area contributed by atoms with Gasteiger partial charge in [0.2, 0.25) is 0 Å². The first-order valence-corrected chi connectivity index (χ1v) is 8.11. The zero-order valence-corrected chi connectivity index (χ0v) is 14.2. The van der Waals surface area contributed by atoms with Gasteiger partial charge in [0.05, 0.1) is 42.1 Å². The number of nitrogens with two attached hydrogens (primary N) is 1. The van der Waals surface area contributed by atoms with Gasteiger partial charge in [0.25, 0.3) is 0 Å². The van der Waals surface area contributed by atoms with Gasteiger partial charge in [-0.25, -0.2) is 14.8 Å². The van der Waals surface area contributed by atoms with Gasteiger partial charge >= 0.3 is 6.03 Å². The number of hydrogen-bond donors (Lipinski definition) is 3. The molecule has 1 fully saturated rings. The maximum Gasteiger partial charge on any atom is 0.317 e. The topological polar surface area (TPSA) is 128 Å². The summed E-state index contributed by atoms with van der Waals surface area (Å²) in [6.07, 6.45) is 7.58. The van der Waals surface area contributed by atoms with Gasteiger partial charge in [-0.2, -0.15) is 0 Å². The summed E-state index contributed by atoms with van der Waals surface area (Å²) in [5.41, 5.74) is 7.67. The van der Waals surface area contributed by atoms with E-state index in [1.807, 2.05) is 6.20 Å². The summed E-state index contributed by atoms with van der Waals surface area (Å²) >= 11 is 0. The Morgan fingerprint density at radius 2 is 2.31 bits per heavy atom. The van der Waals surface area contributed by atoms with E-state index in [1.54, 1.807) is 31.8 Å². The first-order chi connectivity index (χ1) is 12.6. The molecular formula is C17H18N6O3. The van der Waals surface area contributed by atoms with Crippen LogP contribution in [-0.4, -0.2) is 46.3 Å². The predicted octanol–water partition coefficient (Wildman–Crippen LogP) is 1.77. The number of primary amides is 1. The maximum atomic E-state index is 11.1. The lowest BCUT2D eigenvalue weighted by Crippen LogP contribution is -2.30. The van der Waals surface area contributed by atoms with Crippen molar-refractivity contribution in [1.82, 2.24) is 19.9 Å². The van der Waals surface area contributed by atoms with Crippen LogP contribution >= 0.6 is 0 Å². The van der Waals surface area contributed by atoms with Crippen LogP contribution in [0.1, 0.15) is 12.1 Å². The van der Waals surface area contributed by atoms with Gasteiger partial charge < -0.3 is 20.2 Å². The third kappa shape index (κ3) is 2.76. The number of urea groups is 1. The summed E-state index contributed by atoms with van der Waals surface area (Å²) in [4.78, 5) is 27.5. The lowest BCUT2D eigenvalue weighted by atomic mass is 9.98. The summed E-state index contributed by atoms with van der Waals surface area (Å²) < 4.78 is 11.2. The summed E-state index contributed by atoms with van der Waals surface area (Å²) in [7, 11) is 1.65. The van der Waals surface area contributed by atoms with Crippen molar-refractivity contribution in [3.8, 4) is 11.3 Å². The van der Waals surface area contributed by atoms with Crippen LogP contribution in [-0.2, 0) is 15.1 Å². The molecule has 1 saturated heterocycles. The van der Waals surface area contributed by atoms with Gasteiger partial charge in [-0.15, -0.1) is 0 Å².